The molecule has 0 unspecified atom stereocenters. The predicted octanol–water partition coefficient (Wildman–Crippen LogP) is 7.55. The van der Waals surface area contributed by atoms with Crippen LogP contribution in [0, 0.1) is 23.1 Å². The molecule has 0 saturated heterocycles. The number of hydrogen-bond donors (Lipinski definition) is 0. The second-order valence-corrected chi connectivity index (χ2v) is 11.6. The molecule has 39 heavy (non-hydrogen) atoms. The number of halogens is 1. The number of rotatable bonds is 12. The first-order valence-electron chi connectivity index (χ1n) is 13.6. The molecular formula is C32H37FO6. The molecule has 1 atom stereocenters. The zero-order valence-electron chi connectivity index (χ0n) is 23.1. The van der Waals surface area contributed by atoms with E-state index in [1.807, 2.05) is 24.3 Å². The minimum absolute atomic E-state index is 0.114. The topological polar surface area (TPSA) is 67.1 Å². The zero-order chi connectivity index (χ0) is 27.6. The van der Waals surface area contributed by atoms with Crippen molar-refractivity contribution in [1.82, 2.24) is 0 Å². The maximum atomic E-state index is 14.9. The fraction of sp³-hybridized carbons (Fsp3) is 0.469. The molecule has 2 aliphatic carbocycles. The molecule has 208 valence electrons. The third-order valence-electron chi connectivity index (χ3n) is 7.87. The fourth-order valence-corrected chi connectivity index (χ4v) is 5.77. The van der Waals surface area contributed by atoms with Crippen LogP contribution in [0.25, 0.3) is 11.3 Å². The van der Waals surface area contributed by atoms with E-state index in [0.717, 1.165) is 31.2 Å². The molecule has 1 heterocycles. The van der Waals surface area contributed by atoms with E-state index >= 15 is 0 Å². The Bertz CT molecular complexity index is 1300. The van der Waals surface area contributed by atoms with Crippen molar-refractivity contribution in [2.45, 2.75) is 58.5 Å². The van der Waals surface area contributed by atoms with Crippen LogP contribution in [-0.4, -0.2) is 26.8 Å². The van der Waals surface area contributed by atoms with Crippen LogP contribution in [-0.2, 0) is 16.1 Å². The van der Waals surface area contributed by atoms with Gasteiger partial charge in [0.05, 0.1) is 38.4 Å². The van der Waals surface area contributed by atoms with Crippen LogP contribution < -0.4 is 14.2 Å². The summed E-state index contributed by atoms with van der Waals surface area (Å²) in [7, 11) is 2.97. The van der Waals surface area contributed by atoms with Crippen molar-refractivity contribution in [2.24, 2.45) is 17.3 Å². The molecule has 2 aliphatic rings. The lowest BCUT2D eigenvalue weighted by molar-refractivity contribution is -0.141. The first-order chi connectivity index (χ1) is 18.8. The van der Waals surface area contributed by atoms with Gasteiger partial charge in [-0.05, 0) is 84.7 Å². The Kier molecular flexibility index (Phi) is 7.87. The first kappa shape index (κ1) is 27.1. The van der Waals surface area contributed by atoms with Crippen molar-refractivity contribution in [2.75, 3.05) is 20.8 Å². The average molecular weight is 537 g/mol. The number of carbonyl (C=O) groups is 1. The summed E-state index contributed by atoms with van der Waals surface area (Å²) >= 11 is 0. The van der Waals surface area contributed by atoms with Crippen LogP contribution in [0.1, 0.15) is 63.0 Å². The number of methoxy groups -OCH3 is 2. The largest absolute Gasteiger partial charge is 0.497 e. The van der Waals surface area contributed by atoms with Crippen LogP contribution in [0.2, 0.25) is 0 Å². The summed E-state index contributed by atoms with van der Waals surface area (Å²) < 4.78 is 43.5. The van der Waals surface area contributed by atoms with Crippen LogP contribution in [0.3, 0.4) is 0 Å². The number of ether oxygens (including phenoxy) is 4. The van der Waals surface area contributed by atoms with E-state index in [4.69, 9.17) is 23.4 Å². The molecule has 2 aromatic carbocycles. The van der Waals surface area contributed by atoms with Crippen LogP contribution in [0.5, 0.6) is 17.2 Å². The highest BCUT2D eigenvalue weighted by molar-refractivity contribution is 5.70. The highest BCUT2D eigenvalue weighted by atomic mass is 19.1. The molecule has 1 aromatic heterocycles. The monoisotopic (exact) mass is 536 g/mol. The lowest BCUT2D eigenvalue weighted by atomic mass is 9.65. The first-order valence-corrected chi connectivity index (χ1v) is 13.6. The molecule has 7 heteroatoms. The van der Waals surface area contributed by atoms with Crippen molar-refractivity contribution < 1.29 is 32.5 Å². The van der Waals surface area contributed by atoms with Crippen LogP contribution >= 0.6 is 0 Å². The van der Waals surface area contributed by atoms with E-state index in [-0.39, 0.29) is 24.1 Å². The Morgan fingerprint density at radius 2 is 1.87 bits per heavy atom. The molecule has 2 saturated carbocycles. The molecule has 3 aromatic rings. The summed E-state index contributed by atoms with van der Waals surface area (Å²) in [5, 5.41) is 0. The van der Waals surface area contributed by atoms with Gasteiger partial charge in [0.15, 0.2) is 11.5 Å². The SMILES string of the molecule is COC(=O)C[C@H](c1cccc(OCc2coc(-c3cc(OC)ccc3F)c2OCC2CC(C)(C)C2)c1)C1CC1. The highest BCUT2D eigenvalue weighted by Gasteiger charge is 2.37. The van der Waals surface area contributed by atoms with E-state index in [1.165, 1.54) is 13.2 Å². The van der Waals surface area contributed by atoms with Gasteiger partial charge in [-0.3, -0.25) is 4.79 Å². The molecule has 0 radical (unpaired) electrons. The third-order valence-corrected chi connectivity index (χ3v) is 7.87. The van der Waals surface area contributed by atoms with E-state index in [2.05, 4.69) is 13.8 Å². The van der Waals surface area contributed by atoms with Gasteiger partial charge in [0.2, 0.25) is 0 Å². The number of carbonyl (C=O) groups excluding carboxylic acids is 1. The summed E-state index contributed by atoms with van der Waals surface area (Å²) in [5.74, 6) is 2.45. The van der Waals surface area contributed by atoms with Crippen molar-refractivity contribution in [3.05, 3.63) is 65.7 Å². The van der Waals surface area contributed by atoms with E-state index < -0.39 is 5.82 Å². The van der Waals surface area contributed by atoms with Gasteiger partial charge in [0, 0.05) is 0 Å². The van der Waals surface area contributed by atoms with Crippen molar-refractivity contribution >= 4 is 5.97 Å². The van der Waals surface area contributed by atoms with Gasteiger partial charge in [-0.2, -0.15) is 0 Å². The van der Waals surface area contributed by atoms with Crippen molar-refractivity contribution in [1.29, 1.82) is 0 Å². The summed E-state index contributed by atoms with van der Waals surface area (Å²) in [4.78, 5) is 12.0. The summed E-state index contributed by atoms with van der Waals surface area (Å²) in [6.07, 6.45) is 6.33. The smallest absolute Gasteiger partial charge is 0.306 e. The second kappa shape index (κ2) is 11.3. The van der Waals surface area contributed by atoms with Gasteiger partial charge in [0.1, 0.15) is 30.2 Å². The third kappa shape index (κ3) is 6.40. The van der Waals surface area contributed by atoms with Gasteiger partial charge in [-0.15, -0.1) is 0 Å². The van der Waals surface area contributed by atoms with Gasteiger partial charge in [0.25, 0.3) is 0 Å². The molecule has 0 bridgehead atoms. The van der Waals surface area contributed by atoms with Gasteiger partial charge >= 0.3 is 5.97 Å². The molecule has 5 rings (SSSR count). The minimum atomic E-state index is -0.420. The van der Waals surface area contributed by atoms with E-state index in [0.29, 0.717) is 58.9 Å². The van der Waals surface area contributed by atoms with Gasteiger partial charge in [-0.25, -0.2) is 4.39 Å². The second-order valence-electron chi connectivity index (χ2n) is 11.6. The average Bonchev–Trinajstić information content (AvgIpc) is 3.68. The standard InChI is InChI=1S/C32H37FO6/c1-32(2)15-20(16-32)17-38-30-23(19-39-31(30)27-13-24(35-3)10-11-28(27)33)18-37-25-7-5-6-22(12-25)26(21-8-9-21)14-29(34)36-4/h5-7,10-13,19-21,26H,8-9,14-18H2,1-4H3/t26-/m0/s1. The molecule has 0 spiro atoms. The lowest BCUT2D eigenvalue weighted by Crippen LogP contribution is -2.35. The maximum absolute atomic E-state index is 14.9. The normalized spacial score (nSPS) is 17.3. The van der Waals surface area contributed by atoms with Crippen molar-refractivity contribution in [3.8, 4) is 28.6 Å². The minimum Gasteiger partial charge on any atom is -0.497 e. The zero-order valence-corrected chi connectivity index (χ0v) is 23.1. The Balaban J connectivity index is 1.36. The molecular weight excluding hydrogens is 499 g/mol. The maximum Gasteiger partial charge on any atom is 0.306 e. The summed E-state index contributed by atoms with van der Waals surface area (Å²) in [6.45, 7) is 5.23. The van der Waals surface area contributed by atoms with Gasteiger partial charge < -0.3 is 23.4 Å². The Labute approximate surface area is 229 Å². The summed E-state index contributed by atoms with van der Waals surface area (Å²) in [5.41, 5.74) is 2.37. The molecule has 0 aliphatic heterocycles. The predicted molar refractivity (Wildman–Crippen MR) is 146 cm³/mol. The number of furan rings is 1. The molecule has 0 amide bonds. The fourth-order valence-electron chi connectivity index (χ4n) is 5.77. The number of esters is 1. The number of hydrogen-bond acceptors (Lipinski definition) is 6. The molecule has 2 fully saturated rings. The quantitative estimate of drug-likeness (QED) is 0.223. The van der Waals surface area contributed by atoms with Gasteiger partial charge in [-0.1, -0.05) is 26.0 Å². The van der Waals surface area contributed by atoms with Crippen molar-refractivity contribution in [3.63, 3.8) is 0 Å². The Morgan fingerprint density at radius 1 is 1.08 bits per heavy atom. The van der Waals surface area contributed by atoms with Crippen LogP contribution in [0.4, 0.5) is 4.39 Å². The molecule has 6 nitrogen and oxygen atoms in total. The Morgan fingerprint density at radius 3 is 2.56 bits per heavy atom. The highest BCUT2D eigenvalue weighted by Crippen LogP contribution is 2.47. The molecule has 0 N–H and O–H groups in total. The number of benzene rings is 2. The van der Waals surface area contributed by atoms with E-state index in [1.54, 1.807) is 25.5 Å². The lowest BCUT2D eigenvalue weighted by Gasteiger charge is -2.42. The van der Waals surface area contributed by atoms with Crippen LogP contribution in [0.15, 0.2) is 53.1 Å². The summed E-state index contributed by atoms with van der Waals surface area (Å²) in [6, 6.07) is 12.4. The van der Waals surface area contributed by atoms with E-state index in [9.17, 15) is 9.18 Å². The Hall–Kier alpha value is -3.48.